The number of nitrogens with two attached hydrogens (primary N) is 1. The maximum absolute atomic E-state index is 12.3. The number of hydrogen-bond acceptors (Lipinski definition) is 7. The number of rotatable bonds is 4. The summed E-state index contributed by atoms with van der Waals surface area (Å²) in [5.41, 5.74) is 8.64. The smallest absolute Gasteiger partial charge is 0.274 e. The largest absolute Gasteiger partial charge is 0.443 e. The molecule has 8 heteroatoms. The molecule has 24 heavy (non-hydrogen) atoms. The van der Waals surface area contributed by atoms with Crippen LogP contribution in [0.15, 0.2) is 35.2 Å². The number of carbonyl (C=O) groups is 1. The van der Waals surface area contributed by atoms with E-state index in [1.807, 2.05) is 19.1 Å². The molecular formula is C16H16N6O2. The summed E-state index contributed by atoms with van der Waals surface area (Å²) < 4.78 is 5.20. The zero-order valence-electron chi connectivity index (χ0n) is 13.3. The van der Waals surface area contributed by atoms with Gasteiger partial charge in [-0.05, 0) is 25.5 Å². The Morgan fingerprint density at radius 3 is 2.79 bits per heavy atom. The fourth-order valence-corrected chi connectivity index (χ4v) is 2.19. The number of nitrogens with one attached hydrogen (secondary N) is 1. The molecule has 0 bridgehead atoms. The molecule has 0 aliphatic rings. The lowest BCUT2D eigenvalue weighted by Gasteiger charge is -2.09. The Morgan fingerprint density at radius 2 is 2.08 bits per heavy atom. The van der Waals surface area contributed by atoms with E-state index in [1.165, 1.54) is 12.5 Å². The van der Waals surface area contributed by atoms with Crippen LogP contribution in [0.4, 0.5) is 5.82 Å². The molecule has 3 rings (SSSR count). The van der Waals surface area contributed by atoms with Crippen molar-refractivity contribution < 1.29 is 9.21 Å². The van der Waals surface area contributed by atoms with E-state index in [9.17, 15) is 4.79 Å². The van der Waals surface area contributed by atoms with Gasteiger partial charge >= 0.3 is 0 Å². The summed E-state index contributed by atoms with van der Waals surface area (Å²) in [7, 11) is 0. The molecule has 0 aliphatic heterocycles. The number of nitrogen functional groups attached to an aromatic ring is 1. The van der Waals surface area contributed by atoms with Crippen LogP contribution in [0.5, 0.6) is 0 Å². The molecule has 3 aromatic heterocycles. The topological polar surface area (TPSA) is 120 Å². The number of anilines is 1. The summed E-state index contributed by atoms with van der Waals surface area (Å²) in [6, 6.07) is 3.77. The van der Waals surface area contributed by atoms with Crippen LogP contribution < -0.4 is 11.1 Å². The number of amides is 1. The summed E-state index contributed by atoms with van der Waals surface area (Å²) in [5, 5.41) is 2.76. The Hall–Kier alpha value is -3.29. The van der Waals surface area contributed by atoms with Crippen molar-refractivity contribution in [1.82, 2.24) is 25.3 Å². The van der Waals surface area contributed by atoms with Gasteiger partial charge in [0.25, 0.3) is 5.91 Å². The summed E-state index contributed by atoms with van der Waals surface area (Å²) in [4.78, 5) is 29.0. The first-order valence-corrected chi connectivity index (χ1v) is 7.29. The highest BCUT2D eigenvalue weighted by Gasteiger charge is 2.18. The molecule has 122 valence electrons. The predicted molar refractivity (Wildman–Crippen MR) is 86.8 cm³/mol. The van der Waals surface area contributed by atoms with Gasteiger partial charge in [0.15, 0.2) is 11.5 Å². The second-order valence-electron chi connectivity index (χ2n) is 5.18. The van der Waals surface area contributed by atoms with Crippen molar-refractivity contribution in [2.45, 2.75) is 20.4 Å². The molecule has 1 amide bonds. The van der Waals surface area contributed by atoms with Crippen molar-refractivity contribution in [2.24, 2.45) is 0 Å². The van der Waals surface area contributed by atoms with Crippen LogP contribution in [0.3, 0.4) is 0 Å². The number of pyridine rings is 1. The summed E-state index contributed by atoms with van der Waals surface area (Å²) in [6.45, 7) is 3.93. The standard InChI is InChI=1S/C16H16N6O2/c1-9-4-3-5-18-11(9)8-20-15(23)13-14(17)22-12(10(2)21-13)16-19-6-7-24-16/h3-7H,8H2,1-2H3,(H2,17,22)(H,20,23). The molecular weight excluding hydrogens is 308 g/mol. The van der Waals surface area contributed by atoms with Gasteiger partial charge in [-0.3, -0.25) is 9.78 Å². The molecule has 0 saturated carbocycles. The minimum atomic E-state index is -0.410. The zero-order valence-corrected chi connectivity index (χ0v) is 13.3. The molecule has 0 spiro atoms. The van der Waals surface area contributed by atoms with Gasteiger partial charge in [0.05, 0.1) is 24.1 Å². The Labute approximate surface area is 138 Å². The summed E-state index contributed by atoms with van der Waals surface area (Å²) in [6.07, 6.45) is 4.61. The summed E-state index contributed by atoms with van der Waals surface area (Å²) >= 11 is 0. The van der Waals surface area contributed by atoms with E-state index in [1.54, 1.807) is 13.1 Å². The average Bonchev–Trinajstić information content (AvgIpc) is 3.10. The van der Waals surface area contributed by atoms with E-state index in [0.717, 1.165) is 11.3 Å². The van der Waals surface area contributed by atoms with Crippen LogP contribution in [0.1, 0.15) is 27.4 Å². The first-order valence-electron chi connectivity index (χ1n) is 7.29. The van der Waals surface area contributed by atoms with Crippen molar-refractivity contribution in [2.75, 3.05) is 5.73 Å². The quantitative estimate of drug-likeness (QED) is 0.748. The number of aromatic nitrogens is 4. The van der Waals surface area contributed by atoms with Crippen LogP contribution in [0.2, 0.25) is 0 Å². The minimum Gasteiger partial charge on any atom is -0.443 e. The molecule has 0 aliphatic carbocycles. The molecule has 0 fully saturated rings. The van der Waals surface area contributed by atoms with Crippen molar-refractivity contribution in [3.05, 3.63) is 53.4 Å². The van der Waals surface area contributed by atoms with Crippen LogP contribution in [-0.4, -0.2) is 25.8 Å². The Morgan fingerprint density at radius 1 is 1.25 bits per heavy atom. The normalized spacial score (nSPS) is 10.6. The van der Waals surface area contributed by atoms with Gasteiger partial charge in [0.1, 0.15) is 12.0 Å². The minimum absolute atomic E-state index is 0.0176. The number of hydrogen-bond donors (Lipinski definition) is 2. The van der Waals surface area contributed by atoms with Crippen LogP contribution >= 0.6 is 0 Å². The monoisotopic (exact) mass is 324 g/mol. The van der Waals surface area contributed by atoms with Gasteiger partial charge < -0.3 is 15.5 Å². The third-order valence-electron chi connectivity index (χ3n) is 3.48. The molecule has 3 heterocycles. The number of nitrogens with zero attached hydrogens (tertiary/aromatic N) is 4. The first kappa shape index (κ1) is 15.6. The Kier molecular flexibility index (Phi) is 4.19. The lowest BCUT2D eigenvalue weighted by Crippen LogP contribution is -2.26. The maximum Gasteiger partial charge on any atom is 0.274 e. The molecule has 0 atom stereocenters. The Balaban J connectivity index is 1.80. The second-order valence-corrected chi connectivity index (χ2v) is 5.18. The molecule has 3 aromatic rings. The van der Waals surface area contributed by atoms with Gasteiger partial charge in [-0.1, -0.05) is 6.07 Å². The molecule has 8 nitrogen and oxygen atoms in total. The van der Waals surface area contributed by atoms with E-state index >= 15 is 0 Å². The molecule has 0 radical (unpaired) electrons. The number of oxazole rings is 1. The zero-order chi connectivity index (χ0) is 17.1. The molecule has 3 N–H and O–H groups in total. The van der Waals surface area contributed by atoms with Crippen LogP contribution in [0, 0.1) is 13.8 Å². The van der Waals surface area contributed by atoms with E-state index < -0.39 is 5.91 Å². The third-order valence-corrected chi connectivity index (χ3v) is 3.48. The fraction of sp³-hybridized carbons (Fsp3) is 0.188. The van der Waals surface area contributed by atoms with Gasteiger partial charge in [0.2, 0.25) is 5.89 Å². The van der Waals surface area contributed by atoms with Gasteiger partial charge in [-0.15, -0.1) is 0 Å². The first-order chi connectivity index (χ1) is 11.6. The van der Waals surface area contributed by atoms with Gasteiger partial charge in [0, 0.05) is 6.20 Å². The predicted octanol–water partition coefficient (Wildman–Crippen LogP) is 1.66. The van der Waals surface area contributed by atoms with E-state index in [-0.39, 0.29) is 18.1 Å². The molecule has 0 aromatic carbocycles. The lowest BCUT2D eigenvalue weighted by molar-refractivity contribution is 0.0946. The van der Waals surface area contributed by atoms with Crippen LogP contribution in [0.25, 0.3) is 11.6 Å². The SMILES string of the molecule is Cc1cccnc1CNC(=O)c1nc(C)c(-c2ncco2)nc1N. The number of aryl methyl sites for hydroxylation is 2. The fourth-order valence-electron chi connectivity index (χ4n) is 2.19. The Bertz CT molecular complexity index is 876. The third kappa shape index (κ3) is 3.07. The van der Waals surface area contributed by atoms with Crippen molar-refractivity contribution in [1.29, 1.82) is 0 Å². The highest BCUT2D eigenvalue weighted by molar-refractivity contribution is 5.96. The molecule has 0 saturated heterocycles. The van der Waals surface area contributed by atoms with Gasteiger partial charge in [-0.2, -0.15) is 0 Å². The highest BCUT2D eigenvalue weighted by atomic mass is 16.3. The van der Waals surface area contributed by atoms with Gasteiger partial charge in [-0.25, -0.2) is 15.0 Å². The molecule has 0 unspecified atom stereocenters. The van der Waals surface area contributed by atoms with Crippen LogP contribution in [-0.2, 0) is 6.54 Å². The highest BCUT2D eigenvalue weighted by Crippen LogP contribution is 2.20. The van der Waals surface area contributed by atoms with E-state index in [0.29, 0.717) is 17.3 Å². The van der Waals surface area contributed by atoms with Crippen molar-refractivity contribution in [3.63, 3.8) is 0 Å². The second kappa shape index (κ2) is 6.45. The van der Waals surface area contributed by atoms with Crippen molar-refractivity contribution >= 4 is 11.7 Å². The van der Waals surface area contributed by atoms with E-state index in [2.05, 4.69) is 25.3 Å². The average molecular weight is 324 g/mol. The van der Waals surface area contributed by atoms with Crippen molar-refractivity contribution in [3.8, 4) is 11.6 Å². The van der Waals surface area contributed by atoms with E-state index in [4.69, 9.17) is 10.2 Å². The lowest BCUT2D eigenvalue weighted by atomic mass is 10.2. The number of carbonyl (C=O) groups excluding carboxylic acids is 1. The maximum atomic E-state index is 12.3. The summed E-state index contributed by atoms with van der Waals surface area (Å²) in [5.74, 6) is -0.0843.